The molecule has 0 spiro atoms. The highest BCUT2D eigenvalue weighted by atomic mass is 35.5. The van der Waals surface area contributed by atoms with Crippen LogP contribution in [0.1, 0.15) is 31.1 Å². The molecule has 0 fully saturated rings. The Kier molecular flexibility index (Phi) is 6.04. The normalized spacial score (nSPS) is 10.0. The van der Waals surface area contributed by atoms with E-state index in [0.717, 1.165) is 0 Å². The number of carbonyl (C=O) groups excluding carboxylic acids is 3. The molecule has 0 atom stereocenters. The van der Waals surface area contributed by atoms with Gasteiger partial charge in [0, 0.05) is 27.4 Å². The average molecular weight is 394 g/mol. The van der Waals surface area contributed by atoms with Gasteiger partial charge in [-0.3, -0.25) is 25.2 Å². The Labute approximate surface area is 166 Å². The van der Waals surface area contributed by atoms with Gasteiger partial charge < -0.3 is 5.32 Å². The molecule has 3 aromatic rings. The van der Waals surface area contributed by atoms with E-state index >= 15 is 0 Å². The molecule has 6 nitrogen and oxygen atoms in total. The Balaban J connectivity index is 1.56. The molecule has 0 unspecified atom stereocenters. The second-order valence-corrected chi connectivity index (χ2v) is 6.25. The highest BCUT2D eigenvalue weighted by Crippen LogP contribution is 2.12. The van der Waals surface area contributed by atoms with Gasteiger partial charge in [-0.1, -0.05) is 35.9 Å². The monoisotopic (exact) mass is 393 g/mol. The first kappa shape index (κ1) is 19.1. The van der Waals surface area contributed by atoms with Crippen LogP contribution in [0.25, 0.3) is 0 Å². The maximum atomic E-state index is 12.2. The van der Waals surface area contributed by atoms with Crippen molar-refractivity contribution in [3.8, 4) is 0 Å². The highest BCUT2D eigenvalue weighted by Gasteiger charge is 2.10. The predicted molar refractivity (Wildman–Crippen MR) is 107 cm³/mol. The second-order valence-electron chi connectivity index (χ2n) is 5.82. The number of rotatable bonds is 4. The van der Waals surface area contributed by atoms with Crippen molar-refractivity contribution in [1.29, 1.82) is 0 Å². The summed E-state index contributed by atoms with van der Waals surface area (Å²) in [6, 6.07) is 21.5. The largest absolute Gasteiger partial charge is 0.322 e. The highest BCUT2D eigenvalue weighted by molar-refractivity contribution is 6.31. The van der Waals surface area contributed by atoms with Gasteiger partial charge in [-0.05, 0) is 54.6 Å². The first-order valence-electron chi connectivity index (χ1n) is 8.35. The molecule has 0 aliphatic heterocycles. The van der Waals surface area contributed by atoms with Crippen LogP contribution in [0.2, 0.25) is 5.02 Å². The fourth-order valence-corrected chi connectivity index (χ4v) is 2.58. The minimum atomic E-state index is -0.490. The van der Waals surface area contributed by atoms with Gasteiger partial charge in [0.25, 0.3) is 17.7 Å². The van der Waals surface area contributed by atoms with Crippen LogP contribution >= 0.6 is 11.6 Å². The summed E-state index contributed by atoms with van der Waals surface area (Å²) in [5, 5.41) is 3.17. The summed E-state index contributed by atoms with van der Waals surface area (Å²) in [5.74, 6) is -1.22. The zero-order chi connectivity index (χ0) is 19.9. The maximum Gasteiger partial charge on any atom is 0.269 e. The van der Waals surface area contributed by atoms with Gasteiger partial charge in [0.2, 0.25) is 0 Å². The van der Waals surface area contributed by atoms with E-state index in [-0.39, 0.29) is 5.91 Å². The summed E-state index contributed by atoms with van der Waals surface area (Å²) in [6.07, 6.45) is 0. The summed E-state index contributed by atoms with van der Waals surface area (Å²) in [5.41, 5.74) is 6.39. The molecule has 140 valence electrons. The van der Waals surface area contributed by atoms with E-state index in [9.17, 15) is 14.4 Å². The van der Waals surface area contributed by atoms with Crippen LogP contribution in [0, 0.1) is 0 Å². The lowest BCUT2D eigenvalue weighted by Crippen LogP contribution is -2.41. The molecule has 0 saturated heterocycles. The molecule has 3 rings (SSSR count). The fourth-order valence-electron chi connectivity index (χ4n) is 2.39. The van der Waals surface area contributed by atoms with Gasteiger partial charge in [0.05, 0.1) is 0 Å². The molecule has 0 aromatic heterocycles. The van der Waals surface area contributed by atoms with E-state index in [4.69, 9.17) is 11.6 Å². The average Bonchev–Trinajstić information content (AvgIpc) is 2.73. The zero-order valence-corrected chi connectivity index (χ0v) is 15.4. The van der Waals surface area contributed by atoms with E-state index < -0.39 is 11.8 Å². The fraction of sp³-hybridized carbons (Fsp3) is 0. The number of anilines is 1. The second kappa shape index (κ2) is 8.83. The Morgan fingerprint density at radius 1 is 0.607 bits per heavy atom. The van der Waals surface area contributed by atoms with Crippen molar-refractivity contribution in [2.75, 3.05) is 5.32 Å². The van der Waals surface area contributed by atoms with Gasteiger partial charge in [-0.25, -0.2) is 0 Å². The molecule has 28 heavy (non-hydrogen) atoms. The van der Waals surface area contributed by atoms with Crippen molar-refractivity contribution >= 4 is 35.0 Å². The molecule has 0 aliphatic rings. The smallest absolute Gasteiger partial charge is 0.269 e. The lowest BCUT2D eigenvalue weighted by Gasteiger charge is -2.09. The summed E-state index contributed by atoms with van der Waals surface area (Å²) in [6.45, 7) is 0. The van der Waals surface area contributed by atoms with E-state index in [1.54, 1.807) is 66.7 Å². The minimum Gasteiger partial charge on any atom is -0.322 e. The van der Waals surface area contributed by atoms with E-state index in [1.807, 2.05) is 6.07 Å². The van der Waals surface area contributed by atoms with Crippen molar-refractivity contribution in [3.05, 3.63) is 101 Å². The van der Waals surface area contributed by atoms with Crippen molar-refractivity contribution < 1.29 is 14.4 Å². The standard InChI is InChI=1S/C21H16ClN3O3/c22-17-8-4-7-16(13-17)21(28)25-24-20(27)15-9-11-18(12-10-15)23-19(26)14-5-2-1-3-6-14/h1-13H,(H,23,26)(H,24,27)(H,25,28). The molecule has 3 amide bonds. The van der Waals surface area contributed by atoms with E-state index in [0.29, 0.717) is 27.4 Å². The third kappa shape index (κ3) is 4.96. The van der Waals surface area contributed by atoms with Crippen LogP contribution in [-0.2, 0) is 0 Å². The zero-order valence-electron chi connectivity index (χ0n) is 14.6. The number of halogens is 1. The van der Waals surface area contributed by atoms with Gasteiger partial charge in [0.15, 0.2) is 0 Å². The van der Waals surface area contributed by atoms with E-state index in [1.165, 1.54) is 6.07 Å². The Hall–Kier alpha value is -3.64. The quantitative estimate of drug-likeness (QED) is 0.591. The summed E-state index contributed by atoms with van der Waals surface area (Å²) < 4.78 is 0. The third-order valence-electron chi connectivity index (χ3n) is 3.82. The lowest BCUT2D eigenvalue weighted by atomic mass is 10.1. The summed E-state index contributed by atoms with van der Waals surface area (Å²) in [4.78, 5) is 36.3. The maximum absolute atomic E-state index is 12.2. The molecular weight excluding hydrogens is 378 g/mol. The molecule has 0 aliphatic carbocycles. The molecule has 7 heteroatoms. The van der Waals surface area contributed by atoms with Crippen LogP contribution < -0.4 is 16.2 Å². The minimum absolute atomic E-state index is 0.244. The third-order valence-corrected chi connectivity index (χ3v) is 4.05. The molecular formula is C21H16ClN3O3. The number of carbonyl (C=O) groups is 3. The van der Waals surface area contributed by atoms with Crippen molar-refractivity contribution in [2.45, 2.75) is 0 Å². The van der Waals surface area contributed by atoms with Gasteiger partial charge in [0.1, 0.15) is 0 Å². The SMILES string of the molecule is O=C(NNC(=O)c1cccc(Cl)c1)c1ccc(NC(=O)c2ccccc2)cc1. The van der Waals surface area contributed by atoms with Gasteiger partial charge >= 0.3 is 0 Å². The molecule has 0 saturated carbocycles. The molecule has 0 radical (unpaired) electrons. The Bertz CT molecular complexity index is 1000. The van der Waals surface area contributed by atoms with Gasteiger partial charge in [-0.2, -0.15) is 0 Å². The van der Waals surface area contributed by atoms with Crippen LogP contribution in [0.5, 0.6) is 0 Å². The molecule has 0 bridgehead atoms. The number of hydrogen-bond acceptors (Lipinski definition) is 3. The van der Waals surface area contributed by atoms with Crippen molar-refractivity contribution in [1.82, 2.24) is 10.9 Å². The summed E-state index contributed by atoms with van der Waals surface area (Å²) >= 11 is 5.84. The van der Waals surface area contributed by atoms with Crippen LogP contribution in [0.3, 0.4) is 0 Å². The van der Waals surface area contributed by atoms with Crippen LogP contribution in [0.15, 0.2) is 78.9 Å². The number of benzene rings is 3. The topological polar surface area (TPSA) is 87.3 Å². The predicted octanol–water partition coefficient (Wildman–Crippen LogP) is 3.67. The van der Waals surface area contributed by atoms with Crippen molar-refractivity contribution in [3.63, 3.8) is 0 Å². The number of nitrogens with one attached hydrogen (secondary N) is 3. The first-order valence-corrected chi connectivity index (χ1v) is 8.73. The Morgan fingerprint density at radius 3 is 1.82 bits per heavy atom. The van der Waals surface area contributed by atoms with Gasteiger partial charge in [-0.15, -0.1) is 0 Å². The van der Waals surface area contributed by atoms with Crippen molar-refractivity contribution in [2.24, 2.45) is 0 Å². The first-order chi connectivity index (χ1) is 13.5. The number of amides is 3. The number of hydrogen-bond donors (Lipinski definition) is 3. The lowest BCUT2D eigenvalue weighted by molar-refractivity contribution is 0.0846. The molecule has 3 N–H and O–H groups in total. The van der Waals surface area contributed by atoms with Crippen LogP contribution in [-0.4, -0.2) is 17.7 Å². The van der Waals surface area contributed by atoms with E-state index in [2.05, 4.69) is 16.2 Å². The van der Waals surface area contributed by atoms with Crippen LogP contribution in [0.4, 0.5) is 5.69 Å². The number of hydrazine groups is 1. The summed E-state index contributed by atoms with van der Waals surface area (Å²) in [7, 11) is 0. The molecule has 3 aromatic carbocycles. The Morgan fingerprint density at radius 2 is 1.18 bits per heavy atom. The molecule has 0 heterocycles.